The summed E-state index contributed by atoms with van der Waals surface area (Å²) in [6, 6.07) is 76.7. The third-order valence-electron chi connectivity index (χ3n) is 12.3. The maximum atomic E-state index is 6.41. The van der Waals surface area contributed by atoms with E-state index >= 15 is 0 Å². The summed E-state index contributed by atoms with van der Waals surface area (Å²) >= 11 is 0. The molecule has 59 heavy (non-hydrogen) atoms. The molecule has 0 bridgehead atoms. The van der Waals surface area contributed by atoms with Gasteiger partial charge in [-0.1, -0.05) is 184 Å². The molecule has 1 aliphatic rings. The van der Waals surface area contributed by atoms with E-state index in [-0.39, 0.29) is 5.41 Å². The highest BCUT2D eigenvalue weighted by molar-refractivity contribution is 6.09. The van der Waals surface area contributed by atoms with E-state index in [0.717, 1.165) is 50.1 Å². The SMILES string of the molecule is CC1(C)c2ccccc2-c2c(-c3ccc(-c4ccc(N(c5ccc(-c6ccccc6)cc5)c5ccc(-c6cccc7c6oc6ccccc67)cc5)cc4)cc3)cccc21. The predicted octanol–water partition coefficient (Wildman–Crippen LogP) is 16.0. The summed E-state index contributed by atoms with van der Waals surface area (Å²) in [5, 5.41) is 2.27. The van der Waals surface area contributed by atoms with Crippen LogP contribution in [0.25, 0.3) is 77.6 Å². The third-order valence-corrected chi connectivity index (χ3v) is 12.3. The Morgan fingerprint density at radius 2 is 0.780 bits per heavy atom. The third kappa shape index (κ3) is 5.87. The highest BCUT2D eigenvalue weighted by Crippen LogP contribution is 2.52. The van der Waals surface area contributed by atoms with Crippen LogP contribution in [0.5, 0.6) is 0 Å². The van der Waals surface area contributed by atoms with Gasteiger partial charge in [-0.3, -0.25) is 0 Å². The van der Waals surface area contributed by atoms with Crippen molar-refractivity contribution in [1.29, 1.82) is 0 Å². The van der Waals surface area contributed by atoms with E-state index in [1.165, 1.54) is 55.6 Å². The number of rotatable bonds is 7. The molecule has 1 aromatic heterocycles. The van der Waals surface area contributed by atoms with Crippen molar-refractivity contribution in [1.82, 2.24) is 0 Å². The number of anilines is 3. The lowest BCUT2D eigenvalue weighted by Crippen LogP contribution is -2.14. The topological polar surface area (TPSA) is 16.4 Å². The summed E-state index contributed by atoms with van der Waals surface area (Å²) in [4.78, 5) is 2.34. The number of para-hydroxylation sites is 2. The number of nitrogens with zero attached hydrogens (tertiary/aromatic N) is 1. The van der Waals surface area contributed by atoms with E-state index in [4.69, 9.17) is 4.42 Å². The Morgan fingerprint density at radius 1 is 0.339 bits per heavy atom. The fourth-order valence-electron chi connectivity index (χ4n) is 9.29. The number of benzene rings is 9. The van der Waals surface area contributed by atoms with E-state index in [2.05, 4.69) is 219 Å². The molecule has 0 amide bonds. The van der Waals surface area contributed by atoms with E-state index < -0.39 is 0 Å². The van der Waals surface area contributed by atoms with Gasteiger partial charge in [-0.2, -0.15) is 0 Å². The van der Waals surface area contributed by atoms with Crippen molar-refractivity contribution >= 4 is 39.0 Å². The summed E-state index contributed by atoms with van der Waals surface area (Å²) in [6.45, 7) is 4.68. The quantitative estimate of drug-likeness (QED) is 0.161. The summed E-state index contributed by atoms with van der Waals surface area (Å²) < 4.78 is 6.41. The highest BCUT2D eigenvalue weighted by Gasteiger charge is 2.36. The monoisotopic (exact) mass is 755 g/mol. The normalized spacial score (nSPS) is 12.7. The van der Waals surface area contributed by atoms with Crippen LogP contribution in [0.2, 0.25) is 0 Å². The van der Waals surface area contributed by atoms with Gasteiger partial charge in [-0.05, 0) is 104 Å². The van der Waals surface area contributed by atoms with Crippen LogP contribution in [0.1, 0.15) is 25.0 Å². The Balaban J connectivity index is 0.933. The molecule has 280 valence electrons. The molecule has 1 heterocycles. The first kappa shape index (κ1) is 34.8. The largest absolute Gasteiger partial charge is 0.455 e. The molecule has 0 saturated heterocycles. The van der Waals surface area contributed by atoms with E-state index in [9.17, 15) is 0 Å². The van der Waals surface area contributed by atoms with E-state index in [0.29, 0.717) is 0 Å². The van der Waals surface area contributed by atoms with Gasteiger partial charge < -0.3 is 9.32 Å². The average molecular weight is 756 g/mol. The van der Waals surface area contributed by atoms with Crippen LogP contribution in [0.3, 0.4) is 0 Å². The first-order chi connectivity index (χ1) is 29.0. The van der Waals surface area contributed by atoms with Crippen molar-refractivity contribution in [2.45, 2.75) is 19.3 Å². The van der Waals surface area contributed by atoms with Crippen molar-refractivity contribution in [2.24, 2.45) is 0 Å². The maximum Gasteiger partial charge on any atom is 0.143 e. The second-order valence-electron chi connectivity index (χ2n) is 16.1. The zero-order chi connectivity index (χ0) is 39.5. The molecular formula is C57H41NO. The second-order valence-corrected chi connectivity index (χ2v) is 16.1. The molecule has 0 fully saturated rings. The molecular weight excluding hydrogens is 715 g/mol. The summed E-state index contributed by atoms with van der Waals surface area (Å²) in [5.74, 6) is 0. The standard InChI is InChI=1S/C57H41NO/c1-57(2)52-19-8-6-15-51(52)55-47(16-11-20-53(55)57)42-24-22-39(23-25-42)41-28-34-45(35-29-41)58(44-32-26-40(27-33-44)38-12-4-3-5-13-38)46-36-30-43(31-37-46)48-17-10-18-50-49-14-7-9-21-54(49)59-56(48)50/h3-37H,1-2H3. The summed E-state index contributed by atoms with van der Waals surface area (Å²) in [6.07, 6.45) is 0. The molecule has 9 aromatic carbocycles. The fourth-order valence-corrected chi connectivity index (χ4v) is 9.29. The van der Waals surface area contributed by atoms with Crippen LogP contribution < -0.4 is 4.90 Å². The van der Waals surface area contributed by atoms with Gasteiger partial charge in [-0.25, -0.2) is 0 Å². The van der Waals surface area contributed by atoms with Crippen LogP contribution in [-0.4, -0.2) is 0 Å². The van der Waals surface area contributed by atoms with Crippen LogP contribution in [0.4, 0.5) is 17.1 Å². The Kier molecular flexibility index (Phi) is 8.20. The minimum atomic E-state index is -0.0203. The molecule has 0 atom stereocenters. The zero-order valence-electron chi connectivity index (χ0n) is 33.1. The molecule has 0 spiro atoms. The Morgan fingerprint density at radius 3 is 1.46 bits per heavy atom. The van der Waals surface area contributed by atoms with Crippen LogP contribution in [0.15, 0.2) is 217 Å². The summed E-state index contributed by atoms with van der Waals surface area (Å²) in [7, 11) is 0. The lowest BCUT2D eigenvalue weighted by molar-refractivity contribution is 0.660. The van der Waals surface area contributed by atoms with Crippen LogP contribution in [0, 0.1) is 0 Å². The fraction of sp³-hybridized carbons (Fsp3) is 0.0526. The molecule has 11 rings (SSSR count). The maximum absolute atomic E-state index is 6.41. The lowest BCUT2D eigenvalue weighted by atomic mass is 9.82. The average Bonchev–Trinajstić information content (AvgIpc) is 3.80. The van der Waals surface area contributed by atoms with Gasteiger partial charge >= 0.3 is 0 Å². The molecule has 2 heteroatoms. The Hall–Kier alpha value is -7.42. The zero-order valence-corrected chi connectivity index (χ0v) is 33.1. The highest BCUT2D eigenvalue weighted by atomic mass is 16.3. The second kappa shape index (κ2) is 13.9. The molecule has 0 saturated carbocycles. The minimum Gasteiger partial charge on any atom is -0.455 e. The molecule has 0 aliphatic heterocycles. The van der Waals surface area contributed by atoms with Crippen molar-refractivity contribution in [3.8, 4) is 55.6 Å². The van der Waals surface area contributed by atoms with Gasteiger partial charge in [0.2, 0.25) is 0 Å². The van der Waals surface area contributed by atoms with Gasteiger partial charge in [0.05, 0.1) is 0 Å². The lowest BCUT2D eigenvalue weighted by Gasteiger charge is -2.26. The van der Waals surface area contributed by atoms with Gasteiger partial charge in [0.15, 0.2) is 0 Å². The number of fused-ring (bicyclic) bond motifs is 6. The van der Waals surface area contributed by atoms with Gasteiger partial charge in [-0.15, -0.1) is 0 Å². The molecule has 0 radical (unpaired) electrons. The Bertz CT molecular complexity index is 3140. The molecule has 2 nitrogen and oxygen atoms in total. The number of furan rings is 1. The first-order valence-corrected chi connectivity index (χ1v) is 20.4. The predicted molar refractivity (Wildman–Crippen MR) is 248 cm³/mol. The van der Waals surface area contributed by atoms with Crippen molar-refractivity contribution in [3.63, 3.8) is 0 Å². The first-order valence-electron chi connectivity index (χ1n) is 20.4. The van der Waals surface area contributed by atoms with E-state index in [1.54, 1.807) is 0 Å². The van der Waals surface area contributed by atoms with Gasteiger partial charge in [0.25, 0.3) is 0 Å². The van der Waals surface area contributed by atoms with Crippen LogP contribution >= 0.6 is 0 Å². The van der Waals surface area contributed by atoms with Gasteiger partial charge in [0, 0.05) is 38.8 Å². The molecule has 0 unspecified atom stereocenters. The minimum absolute atomic E-state index is 0.0203. The van der Waals surface area contributed by atoms with Crippen LogP contribution in [-0.2, 0) is 5.41 Å². The van der Waals surface area contributed by atoms with E-state index in [1.807, 2.05) is 12.1 Å². The molecule has 10 aromatic rings. The smallest absolute Gasteiger partial charge is 0.143 e. The van der Waals surface area contributed by atoms with Gasteiger partial charge in [0.1, 0.15) is 11.2 Å². The van der Waals surface area contributed by atoms with Crippen molar-refractivity contribution in [2.75, 3.05) is 4.90 Å². The number of hydrogen-bond donors (Lipinski definition) is 0. The summed E-state index contributed by atoms with van der Waals surface area (Å²) in [5.41, 5.74) is 20.1. The van der Waals surface area contributed by atoms with Crippen molar-refractivity contribution < 1.29 is 4.42 Å². The molecule has 1 aliphatic carbocycles. The molecule has 0 N–H and O–H groups in total. The van der Waals surface area contributed by atoms with Crippen molar-refractivity contribution in [3.05, 3.63) is 223 Å². The number of hydrogen-bond acceptors (Lipinski definition) is 2. The Labute approximate surface area is 345 Å².